The molecule has 18 heavy (non-hydrogen) atoms. The summed E-state index contributed by atoms with van der Waals surface area (Å²) in [6.07, 6.45) is 6.30. The van der Waals surface area contributed by atoms with Crippen LogP contribution in [0, 0.1) is 6.92 Å². The number of Topliss-reactive ketones (excluding diaryl/α,β-unsaturated/α-hetero) is 1. The molecule has 0 N–H and O–H groups in total. The lowest BCUT2D eigenvalue weighted by molar-refractivity contribution is 0.0972. The minimum Gasteiger partial charge on any atom is -0.294 e. The number of ketones is 1. The predicted octanol–water partition coefficient (Wildman–Crippen LogP) is 3.58. The number of aromatic nitrogens is 1. The van der Waals surface area contributed by atoms with Crippen LogP contribution in [0.5, 0.6) is 0 Å². The predicted molar refractivity (Wildman–Crippen MR) is 71.7 cm³/mol. The topological polar surface area (TPSA) is 30.0 Å². The van der Waals surface area contributed by atoms with Crippen LogP contribution in [0.1, 0.15) is 34.3 Å². The molecule has 0 radical (unpaired) electrons. The number of carbonyl (C=O) groups is 1. The van der Waals surface area contributed by atoms with Gasteiger partial charge in [-0.2, -0.15) is 0 Å². The van der Waals surface area contributed by atoms with Crippen LogP contribution < -0.4 is 0 Å². The lowest BCUT2D eigenvalue weighted by Gasteiger charge is -2.19. The van der Waals surface area contributed by atoms with Gasteiger partial charge >= 0.3 is 0 Å². The molecule has 0 aliphatic heterocycles. The van der Waals surface area contributed by atoms with Crippen molar-refractivity contribution >= 4 is 5.78 Å². The maximum absolute atomic E-state index is 11.9. The van der Waals surface area contributed by atoms with Crippen molar-refractivity contribution in [3.8, 4) is 11.1 Å². The molecule has 90 valence electrons. The summed E-state index contributed by atoms with van der Waals surface area (Å²) in [5.74, 6) is 0.292. The maximum Gasteiger partial charge on any atom is 0.163 e. The Morgan fingerprint density at radius 2 is 1.72 bits per heavy atom. The Bertz CT molecular complexity index is 602. The highest BCUT2D eigenvalue weighted by Gasteiger charge is 2.20. The first-order chi connectivity index (χ1) is 8.77. The van der Waals surface area contributed by atoms with Gasteiger partial charge in [0.2, 0.25) is 0 Å². The lowest BCUT2D eigenvalue weighted by Crippen LogP contribution is -2.12. The Kier molecular flexibility index (Phi) is 2.71. The van der Waals surface area contributed by atoms with Crippen molar-refractivity contribution in [1.82, 2.24) is 4.98 Å². The van der Waals surface area contributed by atoms with Crippen molar-refractivity contribution < 1.29 is 4.79 Å². The first-order valence-electron chi connectivity index (χ1n) is 6.33. The summed E-state index contributed by atoms with van der Waals surface area (Å²) in [6.45, 7) is 2.12. The first-order valence-corrected chi connectivity index (χ1v) is 6.33. The molecule has 0 unspecified atom stereocenters. The highest BCUT2D eigenvalue weighted by molar-refractivity contribution is 5.99. The van der Waals surface area contributed by atoms with Crippen molar-refractivity contribution in [2.24, 2.45) is 0 Å². The summed E-state index contributed by atoms with van der Waals surface area (Å²) in [6, 6.07) is 8.07. The van der Waals surface area contributed by atoms with E-state index in [1.54, 1.807) is 12.4 Å². The number of benzene rings is 1. The van der Waals surface area contributed by atoms with E-state index < -0.39 is 0 Å². The van der Waals surface area contributed by atoms with Crippen molar-refractivity contribution in [3.63, 3.8) is 0 Å². The summed E-state index contributed by atoms with van der Waals surface area (Å²) in [4.78, 5) is 15.9. The number of carbonyl (C=O) groups excluding carboxylic acids is 1. The minimum absolute atomic E-state index is 0.292. The van der Waals surface area contributed by atoms with Crippen LogP contribution in [0.3, 0.4) is 0 Å². The van der Waals surface area contributed by atoms with E-state index in [0.29, 0.717) is 12.2 Å². The Morgan fingerprint density at radius 3 is 2.50 bits per heavy atom. The van der Waals surface area contributed by atoms with Gasteiger partial charge in [0, 0.05) is 24.4 Å². The highest BCUT2D eigenvalue weighted by atomic mass is 16.1. The zero-order valence-electron chi connectivity index (χ0n) is 10.4. The molecule has 0 spiro atoms. The molecule has 2 nitrogen and oxygen atoms in total. The van der Waals surface area contributed by atoms with Gasteiger partial charge < -0.3 is 0 Å². The van der Waals surface area contributed by atoms with Crippen LogP contribution >= 0.6 is 0 Å². The van der Waals surface area contributed by atoms with Crippen LogP contribution in [0.25, 0.3) is 11.1 Å². The third kappa shape index (κ3) is 1.74. The van der Waals surface area contributed by atoms with Crippen LogP contribution in [0.15, 0.2) is 36.7 Å². The zero-order valence-corrected chi connectivity index (χ0v) is 10.4. The average molecular weight is 237 g/mol. The molecular formula is C16H15NO. The van der Waals surface area contributed by atoms with E-state index in [2.05, 4.69) is 18.0 Å². The summed E-state index contributed by atoms with van der Waals surface area (Å²) in [7, 11) is 0. The molecule has 2 heteroatoms. The van der Waals surface area contributed by atoms with Crippen LogP contribution in [0.2, 0.25) is 0 Å². The SMILES string of the molecule is Cc1c(-c2ccncc2)ccc2c1CCCC2=O. The fourth-order valence-electron chi connectivity index (χ4n) is 2.74. The molecule has 0 saturated heterocycles. The quantitative estimate of drug-likeness (QED) is 0.758. The number of nitrogens with zero attached hydrogens (tertiary/aromatic N) is 1. The molecule has 0 amide bonds. The van der Waals surface area contributed by atoms with E-state index in [9.17, 15) is 4.79 Å². The van der Waals surface area contributed by atoms with E-state index in [0.717, 1.165) is 18.4 Å². The monoisotopic (exact) mass is 237 g/mol. The van der Waals surface area contributed by atoms with Crippen LogP contribution in [-0.4, -0.2) is 10.8 Å². The molecule has 0 fully saturated rings. The summed E-state index contributed by atoms with van der Waals surface area (Å²) >= 11 is 0. The van der Waals surface area contributed by atoms with Crippen molar-refractivity contribution in [3.05, 3.63) is 53.3 Å². The number of hydrogen-bond acceptors (Lipinski definition) is 2. The Labute approximate surface area is 107 Å². The maximum atomic E-state index is 11.9. The van der Waals surface area contributed by atoms with E-state index in [-0.39, 0.29) is 0 Å². The van der Waals surface area contributed by atoms with Gasteiger partial charge in [0.05, 0.1) is 0 Å². The molecule has 0 bridgehead atoms. The van der Waals surface area contributed by atoms with Gasteiger partial charge in [-0.3, -0.25) is 9.78 Å². The van der Waals surface area contributed by atoms with Gasteiger partial charge in [0.25, 0.3) is 0 Å². The molecule has 2 aromatic rings. The zero-order chi connectivity index (χ0) is 12.5. The van der Waals surface area contributed by atoms with Gasteiger partial charge in [0.1, 0.15) is 0 Å². The molecule has 1 aliphatic rings. The molecular weight excluding hydrogens is 222 g/mol. The molecule has 1 aliphatic carbocycles. The number of fused-ring (bicyclic) bond motifs is 1. The van der Waals surface area contributed by atoms with E-state index >= 15 is 0 Å². The number of pyridine rings is 1. The Balaban J connectivity index is 2.17. The van der Waals surface area contributed by atoms with E-state index in [1.807, 2.05) is 18.2 Å². The summed E-state index contributed by atoms with van der Waals surface area (Å²) in [5.41, 5.74) is 5.79. The third-order valence-electron chi connectivity index (χ3n) is 3.72. The second-order valence-corrected chi connectivity index (χ2v) is 4.78. The molecule has 1 aromatic carbocycles. The summed E-state index contributed by atoms with van der Waals surface area (Å²) < 4.78 is 0. The molecule has 3 rings (SSSR count). The second kappa shape index (κ2) is 4.37. The van der Waals surface area contributed by atoms with Gasteiger partial charge in [-0.05, 0) is 54.2 Å². The van der Waals surface area contributed by atoms with Gasteiger partial charge in [-0.15, -0.1) is 0 Å². The van der Waals surface area contributed by atoms with Gasteiger partial charge in [0.15, 0.2) is 5.78 Å². The highest BCUT2D eigenvalue weighted by Crippen LogP contribution is 2.31. The van der Waals surface area contributed by atoms with Crippen molar-refractivity contribution in [2.45, 2.75) is 26.2 Å². The van der Waals surface area contributed by atoms with Gasteiger partial charge in [-0.25, -0.2) is 0 Å². The Morgan fingerprint density at radius 1 is 1.00 bits per heavy atom. The van der Waals surface area contributed by atoms with E-state index in [1.165, 1.54) is 22.3 Å². The molecule has 0 atom stereocenters. The smallest absolute Gasteiger partial charge is 0.163 e. The van der Waals surface area contributed by atoms with Gasteiger partial charge in [-0.1, -0.05) is 12.1 Å². The molecule has 1 aromatic heterocycles. The van der Waals surface area contributed by atoms with Crippen molar-refractivity contribution in [1.29, 1.82) is 0 Å². The largest absolute Gasteiger partial charge is 0.294 e. The number of hydrogen-bond donors (Lipinski definition) is 0. The van der Waals surface area contributed by atoms with E-state index in [4.69, 9.17) is 0 Å². The minimum atomic E-state index is 0.292. The third-order valence-corrected chi connectivity index (χ3v) is 3.72. The lowest BCUT2D eigenvalue weighted by atomic mass is 9.84. The van der Waals surface area contributed by atoms with Crippen LogP contribution in [-0.2, 0) is 6.42 Å². The second-order valence-electron chi connectivity index (χ2n) is 4.78. The molecule has 0 saturated carbocycles. The van der Waals surface area contributed by atoms with Crippen LogP contribution in [0.4, 0.5) is 0 Å². The fourth-order valence-corrected chi connectivity index (χ4v) is 2.74. The molecule has 1 heterocycles. The number of rotatable bonds is 1. The standard InChI is InChI=1S/C16H15NO/c1-11-13(12-7-9-17-10-8-12)5-6-15-14(11)3-2-4-16(15)18/h5-10H,2-4H2,1H3. The fraction of sp³-hybridized carbons (Fsp3) is 0.250. The Hall–Kier alpha value is -1.96. The normalized spacial score (nSPS) is 14.4. The first kappa shape index (κ1) is 11.1. The van der Waals surface area contributed by atoms with Crippen molar-refractivity contribution in [2.75, 3.05) is 0 Å². The summed E-state index contributed by atoms with van der Waals surface area (Å²) in [5, 5.41) is 0. The average Bonchev–Trinajstić information content (AvgIpc) is 2.41.